The molecule has 5 nitrogen and oxygen atoms in total. The van der Waals surface area contributed by atoms with Crippen LogP contribution in [0.2, 0.25) is 0 Å². The lowest BCUT2D eigenvalue weighted by atomic mass is 9.81. The molecule has 0 fully saturated rings. The van der Waals surface area contributed by atoms with E-state index in [0.717, 1.165) is 30.9 Å². The zero-order valence-electron chi connectivity index (χ0n) is 13.9. The third-order valence-electron chi connectivity index (χ3n) is 4.25. The van der Waals surface area contributed by atoms with E-state index < -0.39 is 0 Å². The van der Waals surface area contributed by atoms with Gasteiger partial charge in [0.25, 0.3) is 0 Å². The highest BCUT2D eigenvalue weighted by atomic mass is 16.5. The minimum absolute atomic E-state index is 0.0619. The molecule has 0 bridgehead atoms. The topological polar surface area (TPSA) is 43.0 Å². The van der Waals surface area contributed by atoms with Gasteiger partial charge in [-0.2, -0.15) is 0 Å². The summed E-state index contributed by atoms with van der Waals surface area (Å²) >= 11 is 0. The molecule has 0 aliphatic carbocycles. The molecular weight excluding hydrogens is 268 g/mol. The number of hydrogen-bond donors (Lipinski definition) is 1. The predicted molar refractivity (Wildman–Crippen MR) is 85.1 cm³/mol. The molecule has 0 aromatic heterocycles. The number of nitrogens with one attached hydrogen (secondary N) is 1. The van der Waals surface area contributed by atoms with Crippen LogP contribution in [0.4, 0.5) is 5.69 Å². The maximum absolute atomic E-state index is 5.56. The average molecular weight is 294 g/mol. The van der Waals surface area contributed by atoms with Crippen LogP contribution in [0, 0.1) is 0 Å². The van der Waals surface area contributed by atoms with Crippen molar-refractivity contribution in [1.82, 2.24) is 4.90 Å². The largest absolute Gasteiger partial charge is 0.493 e. The fourth-order valence-corrected chi connectivity index (χ4v) is 2.88. The van der Waals surface area contributed by atoms with Crippen molar-refractivity contribution >= 4 is 5.69 Å². The van der Waals surface area contributed by atoms with Crippen LogP contribution >= 0.6 is 0 Å². The fraction of sp³-hybridized carbons (Fsp3) is 0.625. The molecule has 118 valence electrons. The predicted octanol–water partition coefficient (Wildman–Crippen LogP) is 2.35. The molecule has 5 heteroatoms. The van der Waals surface area contributed by atoms with Crippen molar-refractivity contribution in [2.75, 3.05) is 53.8 Å². The molecule has 2 rings (SSSR count). The summed E-state index contributed by atoms with van der Waals surface area (Å²) in [5, 5.41) is 3.48. The molecule has 1 aliphatic heterocycles. The van der Waals surface area contributed by atoms with Gasteiger partial charge in [0.15, 0.2) is 11.5 Å². The van der Waals surface area contributed by atoms with Crippen molar-refractivity contribution in [3.63, 3.8) is 0 Å². The molecule has 1 atom stereocenters. The molecule has 0 saturated heterocycles. The van der Waals surface area contributed by atoms with Crippen molar-refractivity contribution in [2.24, 2.45) is 0 Å². The SMILES string of the molecule is COc1cc2c(c(OC)c1OC)NCC2(C)CCN(C)C. The van der Waals surface area contributed by atoms with Crippen molar-refractivity contribution in [2.45, 2.75) is 18.8 Å². The van der Waals surface area contributed by atoms with Crippen LogP contribution in [0.3, 0.4) is 0 Å². The molecule has 1 heterocycles. The molecule has 1 aromatic carbocycles. The van der Waals surface area contributed by atoms with E-state index in [1.165, 1.54) is 5.56 Å². The van der Waals surface area contributed by atoms with Crippen LogP contribution in [0.1, 0.15) is 18.9 Å². The third-order valence-corrected chi connectivity index (χ3v) is 4.25. The Hall–Kier alpha value is -1.62. The molecular formula is C16H26N2O3. The second-order valence-electron chi connectivity index (χ2n) is 6.04. The molecule has 0 amide bonds. The first kappa shape index (κ1) is 15.8. The summed E-state index contributed by atoms with van der Waals surface area (Å²) in [6, 6.07) is 2.08. The van der Waals surface area contributed by atoms with Gasteiger partial charge in [-0.05, 0) is 38.7 Å². The first-order valence-corrected chi connectivity index (χ1v) is 7.19. The van der Waals surface area contributed by atoms with E-state index in [1.807, 2.05) is 0 Å². The Bertz CT molecular complexity index is 517. The number of hydrogen-bond acceptors (Lipinski definition) is 5. The zero-order valence-corrected chi connectivity index (χ0v) is 13.9. The van der Waals surface area contributed by atoms with Gasteiger partial charge in [0, 0.05) is 12.0 Å². The minimum atomic E-state index is 0.0619. The summed E-state index contributed by atoms with van der Waals surface area (Å²) in [5.74, 6) is 2.08. The van der Waals surface area contributed by atoms with E-state index in [2.05, 4.69) is 37.3 Å². The monoisotopic (exact) mass is 294 g/mol. The summed E-state index contributed by atoms with van der Waals surface area (Å²) in [5.41, 5.74) is 2.32. The maximum atomic E-state index is 5.56. The Kier molecular flexibility index (Phi) is 4.52. The fourth-order valence-electron chi connectivity index (χ4n) is 2.88. The van der Waals surface area contributed by atoms with E-state index in [0.29, 0.717) is 11.5 Å². The molecule has 0 radical (unpaired) electrons. The number of fused-ring (bicyclic) bond motifs is 1. The third kappa shape index (κ3) is 2.75. The van der Waals surface area contributed by atoms with Crippen molar-refractivity contribution < 1.29 is 14.2 Å². The van der Waals surface area contributed by atoms with Gasteiger partial charge in [0.1, 0.15) is 0 Å². The van der Waals surface area contributed by atoms with Gasteiger partial charge in [-0.25, -0.2) is 0 Å². The van der Waals surface area contributed by atoms with Crippen LogP contribution < -0.4 is 19.5 Å². The van der Waals surface area contributed by atoms with Crippen LogP contribution in [-0.4, -0.2) is 53.4 Å². The standard InChI is InChI=1S/C16H26N2O3/c1-16(7-8-18(2)3)10-17-13-11(16)9-12(19-4)14(20-5)15(13)21-6/h9,17H,7-8,10H2,1-6H3. The van der Waals surface area contributed by atoms with Gasteiger partial charge in [0.2, 0.25) is 5.75 Å². The Morgan fingerprint density at radius 3 is 2.33 bits per heavy atom. The van der Waals surface area contributed by atoms with Gasteiger partial charge in [-0.15, -0.1) is 0 Å². The van der Waals surface area contributed by atoms with Gasteiger partial charge >= 0.3 is 0 Å². The number of methoxy groups -OCH3 is 3. The first-order chi connectivity index (χ1) is 9.96. The summed E-state index contributed by atoms with van der Waals surface area (Å²) in [6.45, 7) is 4.21. The number of ether oxygens (including phenoxy) is 3. The molecule has 21 heavy (non-hydrogen) atoms. The van der Waals surface area contributed by atoms with Gasteiger partial charge in [-0.3, -0.25) is 0 Å². The lowest BCUT2D eigenvalue weighted by molar-refractivity contribution is 0.322. The summed E-state index contributed by atoms with van der Waals surface area (Å²) in [6.07, 6.45) is 1.07. The van der Waals surface area contributed by atoms with Crippen LogP contribution in [0.5, 0.6) is 17.2 Å². The Morgan fingerprint density at radius 2 is 1.81 bits per heavy atom. The molecule has 1 N–H and O–H groups in total. The van der Waals surface area contributed by atoms with Crippen molar-refractivity contribution in [1.29, 1.82) is 0 Å². The number of rotatable bonds is 6. The quantitative estimate of drug-likeness (QED) is 0.872. The van der Waals surface area contributed by atoms with E-state index in [9.17, 15) is 0 Å². The van der Waals surface area contributed by atoms with E-state index >= 15 is 0 Å². The maximum Gasteiger partial charge on any atom is 0.205 e. The van der Waals surface area contributed by atoms with Crippen LogP contribution in [0.25, 0.3) is 0 Å². The highest BCUT2D eigenvalue weighted by molar-refractivity contribution is 5.76. The highest BCUT2D eigenvalue weighted by Crippen LogP contribution is 2.52. The Labute approximate surface area is 127 Å². The van der Waals surface area contributed by atoms with E-state index in [4.69, 9.17) is 14.2 Å². The first-order valence-electron chi connectivity index (χ1n) is 7.19. The summed E-state index contributed by atoms with van der Waals surface area (Å²) in [4.78, 5) is 2.21. The normalized spacial score (nSPS) is 20.1. The van der Waals surface area contributed by atoms with Crippen LogP contribution in [0.15, 0.2) is 6.07 Å². The molecule has 1 aromatic rings. The van der Waals surface area contributed by atoms with E-state index in [1.54, 1.807) is 21.3 Å². The molecule has 0 saturated carbocycles. The summed E-state index contributed by atoms with van der Waals surface area (Å²) < 4.78 is 16.5. The number of anilines is 1. The second-order valence-corrected chi connectivity index (χ2v) is 6.04. The van der Waals surface area contributed by atoms with Crippen molar-refractivity contribution in [3.05, 3.63) is 11.6 Å². The lowest BCUT2D eigenvalue weighted by Gasteiger charge is -2.26. The van der Waals surface area contributed by atoms with Crippen LogP contribution in [-0.2, 0) is 5.41 Å². The minimum Gasteiger partial charge on any atom is -0.493 e. The number of nitrogens with zero attached hydrogens (tertiary/aromatic N) is 1. The van der Waals surface area contributed by atoms with Gasteiger partial charge in [-0.1, -0.05) is 6.92 Å². The number of benzene rings is 1. The highest BCUT2D eigenvalue weighted by Gasteiger charge is 2.38. The molecule has 1 aliphatic rings. The van der Waals surface area contributed by atoms with Crippen molar-refractivity contribution in [3.8, 4) is 17.2 Å². The summed E-state index contributed by atoms with van der Waals surface area (Å²) in [7, 11) is 9.15. The van der Waals surface area contributed by atoms with E-state index in [-0.39, 0.29) is 5.41 Å². The smallest absolute Gasteiger partial charge is 0.205 e. The molecule has 0 spiro atoms. The average Bonchev–Trinajstić information content (AvgIpc) is 2.80. The lowest BCUT2D eigenvalue weighted by Crippen LogP contribution is -2.29. The molecule has 1 unspecified atom stereocenters. The van der Waals surface area contributed by atoms with Gasteiger partial charge in [0.05, 0.1) is 27.0 Å². The zero-order chi connectivity index (χ0) is 15.6. The Balaban J connectivity index is 2.48. The Morgan fingerprint density at radius 1 is 1.14 bits per heavy atom. The van der Waals surface area contributed by atoms with Gasteiger partial charge < -0.3 is 24.4 Å². The second kappa shape index (κ2) is 6.02.